The molecule has 7 nitrogen and oxygen atoms in total. The van der Waals surface area contributed by atoms with E-state index in [9.17, 15) is 14.4 Å². The predicted molar refractivity (Wildman–Crippen MR) is 97.9 cm³/mol. The van der Waals surface area contributed by atoms with Crippen LogP contribution in [0.1, 0.15) is 16.8 Å². The molecule has 0 aliphatic carbocycles. The SMILES string of the molecule is COc1ccc(NC(=O)C[C@H]2Sc3cc(C(=O)O)ccc3NC2=O)cc1. The van der Waals surface area contributed by atoms with Crippen LogP contribution in [0.25, 0.3) is 0 Å². The Hall–Kier alpha value is -3.00. The fraction of sp³-hybridized carbons (Fsp3) is 0.167. The first kappa shape index (κ1) is 17.8. The van der Waals surface area contributed by atoms with Gasteiger partial charge in [0.25, 0.3) is 0 Å². The fourth-order valence-electron chi connectivity index (χ4n) is 2.47. The molecule has 0 radical (unpaired) electrons. The average molecular weight is 372 g/mol. The molecule has 0 fully saturated rings. The second-order valence-electron chi connectivity index (χ2n) is 5.59. The Morgan fingerprint density at radius 1 is 1.23 bits per heavy atom. The molecule has 0 saturated heterocycles. The van der Waals surface area contributed by atoms with Gasteiger partial charge in [0.15, 0.2) is 0 Å². The molecule has 8 heteroatoms. The molecule has 0 bridgehead atoms. The summed E-state index contributed by atoms with van der Waals surface area (Å²) in [6, 6.07) is 11.3. The maximum Gasteiger partial charge on any atom is 0.335 e. The number of amides is 2. The number of carbonyl (C=O) groups excluding carboxylic acids is 2. The molecule has 26 heavy (non-hydrogen) atoms. The monoisotopic (exact) mass is 372 g/mol. The van der Waals surface area contributed by atoms with Crippen LogP contribution in [0.15, 0.2) is 47.4 Å². The molecule has 2 aromatic rings. The van der Waals surface area contributed by atoms with E-state index in [-0.39, 0.29) is 23.8 Å². The number of benzene rings is 2. The van der Waals surface area contributed by atoms with E-state index < -0.39 is 11.2 Å². The molecule has 2 aromatic carbocycles. The summed E-state index contributed by atoms with van der Waals surface area (Å²) in [4.78, 5) is 36.2. The van der Waals surface area contributed by atoms with Crippen molar-refractivity contribution in [2.75, 3.05) is 17.7 Å². The molecular weight excluding hydrogens is 356 g/mol. The second-order valence-corrected chi connectivity index (χ2v) is 6.84. The summed E-state index contributed by atoms with van der Waals surface area (Å²) in [5.41, 5.74) is 1.29. The van der Waals surface area contributed by atoms with E-state index in [1.54, 1.807) is 37.4 Å². The van der Waals surface area contributed by atoms with E-state index in [0.29, 0.717) is 22.0 Å². The van der Waals surface area contributed by atoms with Crippen molar-refractivity contribution in [3.8, 4) is 5.75 Å². The highest BCUT2D eigenvalue weighted by Gasteiger charge is 2.29. The Balaban J connectivity index is 1.67. The number of anilines is 2. The number of hydrogen-bond donors (Lipinski definition) is 3. The Labute approximate surface area is 153 Å². The summed E-state index contributed by atoms with van der Waals surface area (Å²) in [5, 5.41) is 13.9. The summed E-state index contributed by atoms with van der Waals surface area (Å²) in [5.74, 6) is -0.953. The normalized spacial score (nSPS) is 15.6. The van der Waals surface area contributed by atoms with E-state index in [1.807, 2.05) is 0 Å². The third-order valence-electron chi connectivity index (χ3n) is 3.79. The van der Waals surface area contributed by atoms with Crippen LogP contribution in [0.3, 0.4) is 0 Å². The number of fused-ring (bicyclic) bond motifs is 1. The van der Waals surface area contributed by atoms with Crippen LogP contribution in [0.4, 0.5) is 11.4 Å². The van der Waals surface area contributed by atoms with Gasteiger partial charge in [0.2, 0.25) is 11.8 Å². The zero-order valence-corrected chi connectivity index (χ0v) is 14.6. The van der Waals surface area contributed by atoms with Crippen molar-refractivity contribution in [1.82, 2.24) is 0 Å². The smallest absolute Gasteiger partial charge is 0.335 e. The summed E-state index contributed by atoms with van der Waals surface area (Å²) in [6.45, 7) is 0. The van der Waals surface area contributed by atoms with Gasteiger partial charge >= 0.3 is 5.97 Å². The van der Waals surface area contributed by atoms with Crippen LogP contribution in [0, 0.1) is 0 Å². The van der Waals surface area contributed by atoms with Crippen molar-refractivity contribution in [3.05, 3.63) is 48.0 Å². The molecule has 0 saturated carbocycles. The summed E-state index contributed by atoms with van der Waals surface area (Å²) >= 11 is 1.19. The lowest BCUT2D eigenvalue weighted by Gasteiger charge is -2.24. The molecule has 3 rings (SSSR count). The van der Waals surface area contributed by atoms with Crippen LogP contribution >= 0.6 is 11.8 Å². The highest BCUT2D eigenvalue weighted by molar-refractivity contribution is 8.01. The molecule has 2 amide bonds. The fourth-order valence-corrected chi connectivity index (χ4v) is 3.61. The second kappa shape index (κ2) is 7.49. The van der Waals surface area contributed by atoms with E-state index in [0.717, 1.165) is 0 Å². The topological polar surface area (TPSA) is 105 Å². The van der Waals surface area contributed by atoms with Crippen LogP contribution in [-0.4, -0.2) is 35.2 Å². The largest absolute Gasteiger partial charge is 0.497 e. The molecule has 1 aliphatic rings. The Morgan fingerprint density at radius 2 is 1.96 bits per heavy atom. The Morgan fingerprint density at radius 3 is 2.62 bits per heavy atom. The first-order chi connectivity index (χ1) is 12.5. The van der Waals surface area contributed by atoms with Crippen molar-refractivity contribution in [1.29, 1.82) is 0 Å². The lowest BCUT2D eigenvalue weighted by atomic mass is 10.2. The van der Waals surface area contributed by atoms with Gasteiger partial charge in [-0.1, -0.05) is 0 Å². The third kappa shape index (κ3) is 3.97. The van der Waals surface area contributed by atoms with Crippen LogP contribution in [0.5, 0.6) is 5.75 Å². The number of carboxylic acid groups (broad SMARTS) is 1. The molecule has 3 N–H and O–H groups in total. The van der Waals surface area contributed by atoms with Gasteiger partial charge in [-0.05, 0) is 42.5 Å². The van der Waals surface area contributed by atoms with E-state index in [4.69, 9.17) is 9.84 Å². The highest BCUT2D eigenvalue weighted by atomic mass is 32.2. The molecule has 134 valence electrons. The molecule has 0 unspecified atom stereocenters. The van der Waals surface area contributed by atoms with Gasteiger partial charge in [-0.3, -0.25) is 9.59 Å². The number of ether oxygens (including phenoxy) is 1. The van der Waals surface area contributed by atoms with Gasteiger partial charge < -0.3 is 20.5 Å². The van der Waals surface area contributed by atoms with Gasteiger partial charge in [0, 0.05) is 17.0 Å². The van der Waals surface area contributed by atoms with Crippen LogP contribution in [0.2, 0.25) is 0 Å². The Bertz CT molecular complexity index is 866. The van der Waals surface area contributed by atoms with Gasteiger partial charge in [0.05, 0.1) is 23.6 Å². The summed E-state index contributed by atoms with van der Waals surface area (Å²) < 4.78 is 5.06. The van der Waals surface area contributed by atoms with Gasteiger partial charge in [-0.15, -0.1) is 11.8 Å². The average Bonchev–Trinajstić information content (AvgIpc) is 2.62. The number of carboxylic acids is 1. The van der Waals surface area contributed by atoms with E-state index in [1.165, 1.54) is 23.9 Å². The first-order valence-corrected chi connectivity index (χ1v) is 8.63. The first-order valence-electron chi connectivity index (χ1n) is 7.75. The lowest BCUT2D eigenvalue weighted by molar-refractivity contribution is -0.120. The third-order valence-corrected chi connectivity index (χ3v) is 5.05. The number of thioether (sulfide) groups is 1. The van der Waals surface area contributed by atoms with Crippen molar-refractivity contribution < 1.29 is 24.2 Å². The standard InChI is InChI=1S/C18H16N2O5S/c1-25-12-5-3-11(4-6-12)19-16(21)9-15-17(22)20-13-7-2-10(18(23)24)8-14(13)26-15/h2-8,15H,9H2,1H3,(H,19,21)(H,20,22)(H,23,24)/t15-/m1/s1. The van der Waals surface area contributed by atoms with Crippen LogP contribution < -0.4 is 15.4 Å². The molecule has 1 aliphatic heterocycles. The maximum absolute atomic E-state index is 12.2. The van der Waals surface area contributed by atoms with Gasteiger partial charge in [-0.25, -0.2) is 4.79 Å². The lowest BCUT2D eigenvalue weighted by Crippen LogP contribution is -2.32. The number of rotatable bonds is 5. The summed E-state index contributed by atoms with van der Waals surface area (Å²) in [6.07, 6.45) is -0.0285. The minimum Gasteiger partial charge on any atom is -0.497 e. The maximum atomic E-state index is 12.2. The number of carbonyl (C=O) groups is 3. The molecule has 0 aromatic heterocycles. The van der Waals surface area contributed by atoms with E-state index >= 15 is 0 Å². The molecule has 0 spiro atoms. The van der Waals surface area contributed by atoms with Crippen molar-refractivity contribution in [2.24, 2.45) is 0 Å². The highest BCUT2D eigenvalue weighted by Crippen LogP contribution is 2.37. The number of methoxy groups -OCH3 is 1. The minimum absolute atomic E-state index is 0.0285. The van der Waals surface area contributed by atoms with Gasteiger partial charge in [-0.2, -0.15) is 0 Å². The molecule has 1 atom stereocenters. The molecular formula is C18H16N2O5S. The zero-order valence-electron chi connectivity index (χ0n) is 13.8. The predicted octanol–water partition coefficient (Wildman–Crippen LogP) is 2.83. The van der Waals surface area contributed by atoms with E-state index in [2.05, 4.69) is 10.6 Å². The van der Waals surface area contributed by atoms with Crippen molar-refractivity contribution >= 4 is 40.9 Å². The molecule has 1 heterocycles. The number of aromatic carboxylic acids is 1. The van der Waals surface area contributed by atoms with Crippen molar-refractivity contribution in [3.63, 3.8) is 0 Å². The van der Waals surface area contributed by atoms with Crippen LogP contribution in [-0.2, 0) is 9.59 Å². The quantitative estimate of drug-likeness (QED) is 0.745. The number of nitrogens with one attached hydrogen (secondary N) is 2. The van der Waals surface area contributed by atoms with Crippen molar-refractivity contribution in [2.45, 2.75) is 16.6 Å². The summed E-state index contributed by atoms with van der Waals surface area (Å²) in [7, 11) is 1.56. The Kier molecular flexibility index (Phi) is 5.13. The van der Waals surface area contributed by atoms with Gasteiger partial charge in [0.1, 0.15) is 5.75 Å². The number of hydrogen-bond acceptors (Lipinski definition) is 5. The zero-order chi connectivity index (χ0) is 18.7. The minimum atomic E-state index is -1.04.